The number of anilines is 1. The molecule has 0 aromatic heterocycles. The summed E-state index contributed by atoms with van der Waals surface area (Å²) in [4.78, 5) is 11.1. The second-order valence-corrected chi connectivity index (χ2v) is 7.37. The molecule has 0 spiro atoms. The molecule has 0 aliphatic heterocycles. The van der Waals surface area contributed by atoms with Gasteiger partial charge in [-0.25, -0.2) is 4.79 Å². The van der Waals surface area contributed by atoms with E-state index in [0.29, 0.717) is 24.7 Å². The highest BCUT2D eigenvalue weighted by molar-refractivity contribution is 9.10. The van der Waals surface area contributed by atoms with Crippen molar-refractivity contribution < 1.29 is 19.4 Å². The van der Waals surface area contributed by atoms with Gasteiger partial charge >= 0.3 is 5.97 Å². The van der Waals surface area contributed by atoms with Gasteiger partial charge in [-0.3, -0.25) is 0 Å². The van der Waals surface area contributed by atoms with Crippen molar-refractivity contribution in [3.8, 4) is 11.5 Å². The zero-order chi connectivity index (χ0) is 20.8. The van der Waals surface area contributed by atoms with Crippen LogP contribution in [0.2, 0.25) is 0 Å². The van der Waals surface area contributed by atoms with Gasteiger partial charge in [-0.2, -0.15) is 0 Å². The Morgan fingerprint density at radius 3 is 2.52 bits per heavy atom. The topological polar surface area (TPSA) is 67.8 Å². The van der Waals surface area contributed by atoms with E-state index < -0.39 is 5.97 Å². The van der Waals surface area contributed by atoms with E-state index in [4.69, 9.17) is 14.6 Å². The van der Waals surface area contributed by atoms with Gasteiger partial charge in [0.05, 0.1) is 12.7 Å². The molecule has 29 heavy (non-hydrogen) atoms. The quantitative estimate of drug-likeness (QED) is 0.458. The summed E-state index contributed by atoms with van der Waals surface area (Å²) in [6.07, 6.45) is 0. The number of carboxylic acids is 1. The second kappa shape index (κ2) is 9.47. The van der Waals surface area contributed by atoms with E-state index in [-0.39, 0.29) is 5.56 Å². The van der Waals surface area contributed by atoms with Crippen LogP contribution in [-0.4, -0.2) is 18.2 Å². The molecule has 0 bridgehead atoms. The highest BCUT2D eigenvalue weighted by Crippen LogP contribution is 2.37. The van der Waals surface area contributed by atoms with Crippen LogP contribution in [0.5, 0.6) is 11.5 Å². The van der Waals surface area contributed by atoms with E-state index in [9.17, 15) is 4.79 Å². The van der Waals surface area contributed by atoms with Gasteiger partial charge in [-0.15, -0.1) is 0 Å². The van der Waals surface area contributed by atoms with Crippen molar-refractivity contribution in [2.75, 3.05) is 12.4 Å². The minimum absolute atomic E-state index is 0.266. The first-order valence-corrected chi connectivity index (χ1v) is 9.88. The van der Waals surface area contributed by atoms with Crippen molar-refractivity contribution >= 4 is 27.6 Å². The first-order valence-electron chi connectivity index (χ1n) is 9.09. The Hall–Kier alpha value is -2.99. The van der Waals surface area contributed by atoms with E-state index in [1.54, 1.807) is 25.3 Å². The van der Waals surface area contributed by atoms with E-state index in [1.165, 1.54) is 0 Å². The van der Waals surface area contributed by atoms with Crippen molar-refractivity contribution in [3.05, 3.63) is 87.4 Å². The Balaban J connectivity index is 1.83. The normalized spacial score (nSPS) is 10.4. The molecule has 3 aromatic carbocycles. The maximum atomic E-state index is 11.1. The van der Waals surface area contributed by atoms with Crippen LogP contribution < -0.4 is 14.8 Å². The summed E-state index contributed by atoms with van der Waals surface area (Å²) in [5, 5.41) is 12.5. The summed E-state index contributed by atoms with van der Waals surface area (Å²) < 4.78 is 12.5. The smallest absolute Gasteiger partial charge is 0.335 e. The number of aryl methyl sites for hydroxylation is 1. The van der Waals surface area contributed by atoms with Crippen molar-refractivity contribution in [3.63, 3.8) is 0 Å². The van der Waals surface area contributed by atoms with E-state index in [0.717, 1.165) is 26.9 Å². The molecular formula is C23H22BrNO4. The largest absolute Gasteiger partial charge is 0.493 e. The number of rotatable bonds is 8. The molecule has 0 saturated heterocycles. The molecule has 150 valence electrons. The molecule has 3 aromatic rings. The van der Waals surface area contributed by atoms with Crippen LogP contribution in [0, 0.1) is 6.92 Å². The van der Waals surface area contributed by atoms with Crippen LogP contribution >= 0.6 is 15.9 Å². The predicted octanol–water partition coefficient (Wildman–Crippen LogP) is 5.66. The summed E-state index contributed by atoms with van der Waals surface area (Å²) in [6.45, 7) is 2.78. The number of halogens is 1. The van der Waals surface area contributed by atoms with Crippen molar-refractivity contribution in [2.45, 2.75) is 20.1 Å². The Labute approximate surface area is 178 Å². The zero-order valence-corrected chi connectivity index (χ0v) is 17.8. The van der Waals surface area contributed by atoms with E-state index in [2.05, 4.69) is 21.2 Å². The standard InChI is InChI=1S/C23H22BrNO4/c1-15-12-17(23(26)27)8-10-20(15)25-13-18-19(24)9-11-21(28-2)22(18)29-14-16-6-4-3-5-7-16/h3-12,25H,13-14H2,1-2H3,(H,26,27). The second-order valence-electron chi connectivity index (χ2n) is 6.52. The lowest BCUT2D eigenvalue weighted by molar-refractivity contribution is 0.0697. The number of nitrogens with one attached hydrogen (secondary N) is 1. The average molecular weight is 456 g/mol. The lowest BCUT2D eigenvalue weighted by atomic mass is 10.1. The Morgan fingerprint density at radius 1 is 1.10 bits per heavy atom. The van der Waals surface area contributed by atoms with Crippen molar-refractivity contribution in [1.29, 1.82) is 0 Å². The number of hydrogen-bond donors (Lipinski definition) is 2. The van der Waals surface area contributed by atoms with Crippen LogP contribution in [-0.2, 0) is 13.2 Å². The molecule has 0 saturated carbocycles. The summed E-state index contributed by atoms with van der Waals surface area (Å²) in [5.41, 5.74) is 3.97. The number of ether oxygens (including phenoxy) is 2. The molecule has 0 atom stereocenters. The van der Waals surface area contributed by atoms with Gasteiger partial charge in [0.1, 0.15) is 6.61 Å². The number of aromatic carboxylic acids is 1. The Bertz CT molecular complexity index is 1010. The molecule has 0 amide bonds. The molecule has 0 fully saturated rings. The third-order valence-corrected chi connectivity index (χ3v) is 5.29. The minimum atomic E-state index is -0.938. The molecule has 6 heteroatoms. The Morgan fingerprint density at radius 2 is 1.86 bits per heavy atom. The maximum Gasteiger partial charge on any atom is 0.335 e. The van der Waals surface area contributed by atoms with Gasteiger partial charge in [0.25, 0.3) is 0 Å². The lowest BCUT2D eigenvalue weighted by Crippen LogP contribution is -2.07. The van der Waals surface area contributed by atoms with Crippen LogP contribution in [0.1, 0.15) is 27.0 Å². The molecule has 0 heterocycles. The number of carboxylic acid groups (broad SMARTS) is 1. The number of benzene rings is 3. The number of hydrogen-bond acceptors (Lipinski definition) is 4. The van der Waals surface area contributed by atoms with Crippen LogP contribution in [0.3, 0.4) is 0 Å². The summed E-state index contributed by atoms with van der Waals surface area (Å²) in [7, 11) is 1.62. The average Bonchev–Trinajstić information content (AvgIpc) is 2.73. The zero-order valence-electron chi connectivity index (χ0n) is 16.2. The van der Waals surface area contributed by atoms with Gasteiger partial charge in [0.15, 0.2) is 11.5 Å². The monoisotopic (exact) mass is 455 g/mol. The van der Waals surface area contributed by atoms with Gasteiger partial charge in [-0.05, 0) is 48.4 Å². The predicted molar refractivity (Wildman–Crippen MR) is 117 cm³/mol. The number of methoxy groups -OCH3 is 1. The first-order chi connectivity index (χ1) is 14.0. The number of carbonyl (C=O) groups is 1. The van der Waals surface area contributed by atoms with Gasteiger partial charge in [0, 0.05) is 22.3 Å². The van der Waals surface area contributed by atoms with Crippen LogP contribution in [0.25, 0.3) is 0 Å². The molecule has 5 nitrogen and oxygen atoms in total. The molecule has 0 radical (unpaired) electrons. The first kappa shape index (κ1) is 20.7. The van der Waals surface area contributed by atoms with E-state index in [1.807, 2.05) is 49.4 Å². The van der Waals surface area contributed by atoms with Gasteiger partial charge in [0.2, 0.25) is 0 Å². The molecule has 3 rings (SSSR count). The van der Waals surface area contributed by atoms with E-state index >= 15 is 0 Å². The fourth-order valence-electron chi connectivity index (χ4n) is 2.97. The fourth-order valence-corrected chi connectivity index (χ4v) is 3.43. The van der Waals surface area contributed by atoms with Crippen molar-refractivity contribution in [2.24, 2.45) is 0 Å². The highest BCUT2D eigenvalue weighted by Gasteiger charge is 2.15. The summed E-state index contributed by atoms with van der Waals surface area (Å²) in [6, 6.07) is 18.7. The van der Waals surface area contributed by atoms with Gasteiger partial charge in [-0.1, -0.05) is 46.3 Å². The third-order valence-electron chi connectivity index (χ3n) is 4.54. The van der Waals surface area contributed by atoms with Crippen molar-refractivity contribution in [1.82, 2.24) is 0 Å². The summed E-state index contributed by atoms with van der Waals surface area (Å²) in [5.74, 6) is 0.378. The minimum Gasteiger partial charge on any atom is -0.493 e. The maximum absolute atomic E-state index is 11.1. The third kappa shape index (κ3) is 5.09. The molecule has 0 aliphatic carbocycles. The molecule has 2 N–H and O–H groups in total. The molecular weight excluding hydrogens is 434 g/mol. The Kier molecular flexibility index (Phi) is 6.77. The van der Waals surface area contributed by atoms with Crippen LogP contribution in [0.4, 0.5) is 5.69 Å². The summed E-state index contributed by atoms with van der Waals surface area (Å²) >= 11 is 3.61. The van der Waals surface area contributed by atoms with Gasteiger partial charge < -0.3 is 19.9 Å². The lowest BCUT2D eigenvalue weighted by Gasteiger charge is -2.18. The molecule has 0 unspecified atom stereocenters. The SMILES string of the molecule is COc1ccc(Br)c(CNc2ccc(C(=O)O)cc2C)c1OCc1ccccc1. The molecule has 0 aliphatic rings. The fraction of sp³-hybridized carbons (Fsp3) is 0.174. The van der Waals surface area contributed by atoms with Crippen LogP contribution in [0.15, 0.2) is 65.1 Å². The highest BCUT2D eigenvalue weighted by atomic mass is 79.9.